The molecule has 4 heteroatoms. The van der Waals surface area contributed by atoms with Crippen LogP contribution in [0.3, 0.4) is 0 Å². The van der Waals surface area contributed by atoms with Crippen LogP contribution in [0, 0.1) is 25.7 Å². The van der Waals surface area contributed by atoms with Gasteiger partial charge >= 0.3 is 0 Å². The molecule has 1 aliphatic rings. The van der Waals surface area contributed by atoms with E-state index < -0.39 is 0 Å². The first kappa shape index (κ1) is 19.1. The third-order valence-corrected chi connectivity index (χ3v) is 6.48. The summed E-state index contributed by atoms with van der Waals surface area (Å²) in [6.07, 6.45) is 8.37. The van der Waals surface area contributed by atoms with E-state index in [1.165, 1.54) is 54.6 Å². The van der Waals surface area contributed by atoms with Gasteiger partial charge in [-0.3, -0.25) is 4.79 Å². The number of aromatic nitrogens is 1. The number of carbonyl (C=O) groups excluding carboxylic acids is 1. The Morgan fingerprint density at radius 1 is 1.19 bits per heavy atom. The van der Waals surface area contributed by atoms with E-state index >= 15 is 0 Å². The van der Waals surface area contributed by atoms with Gasteiger partial charge in [-0.15, -0.1) is 11.3 Å². The van der Waals surface area contributed by atoms with E-state index in [4.69, 9.17) is 0 Å². The molecular formula is C22H30N2OS. The number of benzene rings is 1. The highest BCUT2D eigenvalue weighted by molar-refractivity contribution is 7.14. The van der Waals surface area contributed by atoms with Crippen LogP contribution in [0.2, 0.25) is 0 Å². The fraction of sp³-hybridized carbons (Fsp3) is 0.545. The lowest BCUT2D eigenvalue weighted by atomic mass is 9.79. The van der Waals surface area contributed by atoms with Crippen LogP contribution in [-0.4, -0.2) is 10.9 Å². The summed E-state index contributed by atoms with van der Waals surface area (Å²) < 4.78 is 0. The Hall–Kier alpha value is -1.68. The maximum Gasteiger partial charge on any atom is 0.229 e. The van der Waals surface area contributed by atoms with Crippen molar-refractivity contribution in [2.24, 2.45) is 11.8 Å². The van der Waals surface area contributed by atoms with Gasteiger partial charge in [-0.25, -0.2) is 4.98 Å². The molecule has 26 heavy (non-hydrogen) atoms. The average Bonchev–Trinajstić information content (AvgIpc) is 3.11. The zero-order valence-corrected chi connectivity index (χ0v) is 17.0. The lowest BCUT2D eigenvalue weighted by molar-refractivity contribution is -0.121. The summed E-state index contributed by atoms with van der Waals surface area (Å²) in [5.74, 6) is 1.14. The van der Waals surface area contributed by atoms with E-state index in [9.17, 15) is 4.79 Å². The van der Waals surface area contributed by atoms with Crippen LogP contribution in [-0.2, 0) is 4.79 Å². The second-order valence-corrected chi connectivity index (χ2v) is 8.54. The number of aryl methyl sites for hydroxylation is 2. The minimum Gasteiger partial charge on any atom is -0.302 e. The standard InChI is InChI=1S/C22H30N2OS/c1-4-5-6-17-8-11-18(12-9-17)21(25)24-22-23-20(14-26-22)19-10-7-15(2)16(3)13-19/h7,10,13-14,17-18H,4-6,8-9,11-12H2,1-3H3,(H,23,24,25). The molecule has 0 radical (unpaired) electrons. The Labute approximate surface area is 161 Å². The SMILES string of the molecule is CCCCC1CCC(C(=O)Nc2nc(-c3ccc(C)c(C)c3)cs2)CC1. The summed E-state index contributed by atoms with van der Waals surface area (Å²) in [6.45, 7) is 6.48. The molecule has 0 saturated heterocycles. The molecule has 0 unspecified atom stereocenters. The molecule has 0 atom stereocenters. The van der Waals surface area contributed by atoms with Gasteiger partial charge in [0.25, 0.3) is 0 Å². The molecule has 0 spiro atoms. The van der Waals surface area contributed by atoms with Crippen molar-refractivity contribution in [2.45, 2.75) is 65.7 Å². The zero-order valence-electron chi connectivity index (χ0n) is 16.2. The molecule has 2 aromatic rings. The molecule has 3 nitrogen and oxygen atoms in total. The summed E-state index contributed by atoms with van der Waals surface area (Å²) in [4.78, 5) is 17.2. The highest BCUT2D eigenvalue weighted by Crippen LogP contribution is 2.33. The van der Waals surface area contributed by atoms with Crippen molar-refractivity contribution >= 4 is 22.4 Å². The number of hydrogen-bond acceptors (Lipinski definition) is 3. The first-order chi connectivity index (χ1) is 12.6. The van der Waals surface area contributed by atoms with Crippen LogP contribution in [0.15, 0.2) is 23.6 Å². The number of anilines is 1. The van der Waals surface area contributed by atoms with Crippen molar-refractivity contribution in [3.8, 4) is 11.3 Å². The molecule has 1 aliphatic carbocycles. The molecule has 1 aromatic heterocycles. The highest BCUT2D eigenvalue weighted by atomic mass is 32.1. The molecular weight excluding hydrogens is 340 g/mol. The van der Waals surface area contributed by atoms with Gasteiger partial charge in [-0.1, -0.05) is 38.3 Å². The topological polar surface area (TPSA) is 42.0 Å². The van der Waals surface area contributed by atoms with Crippen molar-refractivity contribution < 1.29 is 4.79 Å². The van der Waals surface area contributed by atoms with Gasteiger partial charge in [0.15, 0.2) is 5.13 Å². The first-order valence-electron chi connectivity index (χ1n) is 9.90. The molecule has 3 rings (SSSR count). The van der Waals surface area contributed by atoms with E-state index in [-0.39, 0.29) is 11.8 Å². The molecule has 1 fully saturated rings. The largest absolute Gasteiger partial charge is 0.302 e. The lowest BCUT2D eigenvalue weighted by Gasteiger charge is -2.27. The summed E-state index contributed by atoms with van der Waals surface area (Å²) in [5, 5.41) is 5.80. The molecule has 1 amide bonds. The van der Waals surface area contributed by atoms with Gasteiger partial charge in [0.2, 0.25) is 5.91 Å². The number of amides is 1. The third-order valence-electron chi connectivity index (χ3n) is 5.72. The molecule has 0 bridgehead atoms. The minimum atomic E-state index is 0.153. The fourth-order valence-corrected chi connectivity index (χ4v) is 4.50. The van der Waals surface area contributed by atoms with Crippen LogP contribution >= 0.6 is 11.3 Å². The second-order valence-electron chi connectivity index (χ2n) is 7.69. The Morgan fingerprint density at radius 2 is 1.96 bits per heavy atom. The maximum absolute atomic E-state index is 12.6. The first-order valence-corrected chi connectivity index (χ1v) is 10.8. The summed E-state index contributed by atoms with van der Waals surface area (Å²) in [6, 6.07) is 6.38. The van der Waals surface area contributed by atoms with E-state index in [1.807, 2.05) is 5.38 Å². The Morgan fingerprint density at radius 3 is 2.65 bits per heavy atom. The normalized spacial score (nSPS) is 20.1. The molecule has 140 valence electrons. The van der Waals surface area contributed by atoms with Crippen molar-refractivity contribution in [2.75, 3.05) is 5.32 Å². The summed E-state index contributed by atoms with van der Waals surface area (Å²) in [5.41, 5.74) is 4.60. The zero-order chi connectivity index (χ0) is 18.5. The Kier molecular flexibility index (Phi) is 6.47. The number of rotatable bonds is 6. The summed E-state index contributed by atoms with van der Waals surface area (Å²) >= 11 is 1.52. The van der Waals surface area contributed by atoms with E-state index in [0.29, 0.717) is 0 Å². The molecule has 1 heterocycles. The maximum atomic E-state index is 12.6. The lowest BCUT2D eigenvalue weighted by Crippen LogP contribution is -2.27. The van der Waals surface area contributed by atoms with Gasteiger partial charge in [0.1, 0.15) is 0 Å². The quantitative estimate of drug-likeness (QED) is 0.642. The Balaban J connectivity index is 1.56. The van der Waals surface area contributed by atoms with Crippen LogP contribution in [0.25, 0.3) is 11.3 Å². The third kappa shape index (κ3) is 4.73. The monoisotopic (exact) mass is 370 g/mol. The average molecular weight is 371 g/mol. The predicted molar refractivity (Wildman–Crippen MR) is 111 cm³/mol. The number of hydrogen-bond donors (Lipinski definition) is 1. The van der Waals surface area contributed by atoms with Gasteiger partial charge < -0.3 is 5.32 Å². The van der Waals surface area contributed by atoms with Crippen LogP contribution in [0.5, 0.6) is 0 Å². The van der Waals surface area contributed by atoms with Gasteiger partial charge in [0, 0.05) is 16.9 Å². The molecule has 1 aromatic carbocycles. The smallest absolute Gasteiger partial charge is 0.229 e. The number of unbranched alkanes of at least 4 members (excludes halogenated alkanes) is 1. The van der Waals surface area contributed by atoms with Gasteiger partial charge in [-0.05, 0) is 62.6 Å². The van der Waals surface area contributed by atoms with Gasteiger partial charge in [0.05, 0.1) is 5.69 Å². The van der Waals surface area contributed by atoms with Crippen LogP contribution in [0.1, 0.15) is 63.0 Å². The van der Waals surface area contributed by atoms with Crippen molar-refractivity contribution in [1.29, 1.82) is 0 Å². The number of nitrogens with zero attached hydrogens (tertiary/aromatic N) is 1. The second kappa shape index (κ2) is 8.81. The van der Waals surface area contributed by atoms with Crippen molar-refractivity contribution in [1.82, 2.24) is 4.98 Å². The van der Waals surface area contributed by atoms with Crippen molar-refractivity contribution in [3.05, 3.63) is 34.7 Å². The van der Waals surface area contributed by atoms with E-state index in [1.54, 1.807) is 0 Å². The van der Waals surface area contributed by atoms with E-state index in [0.717, 1.165) is 35.1 Å². The number of carbonyl (C=O) groups is 1. The molecule has 0 aliphatic heterocycles. The van der Waals surface area contributed by atoms with E-state index in [2.05, 4.69) is 49.3 Å². The van der Waals surface area contributed by atoms with Crippen LogP contribution in [0.4, 0.5) is 5.13 Å². The van der Waals surface area contributed by atoms with Crippen LogP contribution < -0.4 is 5.32 Å². The Bertz CT molecular complexity index is 744. The number of nitrogens with one attached hydrogen (secondary N) is 1. The fourth-order valence-electron chi connectivity index (χ4n) is 3.78. The van der Waals surface area contributed by atoms with Gasteiger partial charge in [-0.2, -0.15) is 0 Å². The molecule has 1 N–H and O–H groups in total. The van der Waals surface area contributed by atoms with Crippen molar-refractivity contribution in [3.63, 3.8) is 0 Å². The highest BCUT2D eigenvalue weighted by Gasteiger charge is 2.26. The summed E-state index contributed by atoms with van der Waals surface area (Å²) in [7, 11) is 0. The number of thiazole rings is 1. The molecule has 1 saturated carbocycles. The predicted octanol–water partition coefficient (Wildman–Crippen LogP) is 6.36. The minimum absolute atomic E-state index is 0.153.